The Kier molecular flexibility index (Phi) is 8.80. The Morgan fingerprint density at radius 2 is 1.90 bits per heavy atom. The molecule has 0 aromatic heterocycles. The highest BCUT2D eigenvalue weighted by molar-refractivity contribution is 5.91. The van der Waals surface area contributed by atoms with Gasteiger partial charge in [-0.1, -0.05) is 55.1 Å². The maximum absolute atomic E-state index is 12.6. The van der Waals surface area contributed by atoms with Crippen molar-refractivity contribution in [1.29, 1.82) is 0 Å². The molecule has 1 atom stereocenters. The number of carbonyl (C=O) groups excluding carboxylic acids is 2. The number of methoxy groups -OCH3 is 1. The van der Waals surface area contributed by atoms with Gasteiger partial charge in [-0.25, -0.2) is 4.79 Å². The fourth-order valence-electron chi connectivity index (χ4n) is 2.59. The third kappa shape index (κ3) is 7.01. The molecule has 0 aliphatic carbocycles. The van der Waals surface area contributed by atoms with Crippen LogP contribution in [0, 0.1) is 0 Å². The topological polar surface area (TPSA) is 105 Å². The summed E-state index contributed by atoms with van der Waals surface area (Å²) in [6, 6.07) is 15.3. The van der Waals surface area contributed by atoms with Crippen molar-refractivity contribution < 1.29 is 29.0 Å². The molecule has 2 aromatic rings. The maximum Gasteiger partial charge on any atom is 0.376 e. The Hall–Kier alpha value is -4.12. The first-order valence-corrected chi connectivity index (χ1v) is 9.42. The second kappa shape index (κ2) is 11.8. The molecular weight excluding hydrogens is 398 g/mol. The first-order valence-electron chi connectivity index (χ1n) is 9.42. The predicted octanol–water partition coefficient (Wildman–Crippen LogP) is 2.14. The van der Waals surface area contributed by atoms with Crippen molar-refractivity contribution in [1.82, 2.24) is 4.90 Å². The molecule has 8 heteroatoms. The van der Waals surface area contributed by atoms with Crippen molar-refractivity contribution in [3.8, 4) is 0 Å². The first kappa shape index (κ1) is 23.2. The Morgan fingerprint density at radius 1 is 1.23 bits per heavy atom. The third-order valence-electron chi connectivity index (χ3n) is 4.31. The number of hydrogen-bond acceptors (Lipinski definition) is 6. The average Bonchev–Trinajstić information content (AvgIpc) is 2.81. The highest BCUT2D eigenvalue weighted by atomic mass is 16.6. The van der Waals surface area contributed by atoms with Crippen molar-refractivity contribution in [2.75, 3.05) is 7.11 Å². The molecule has 0 aliphatic heterocycles. The van der Waals surface area contributed by atoms with Gasteiger partial charge in [0.1, 0.15) is 22.6 Å². The Labute approximate surface area is 180 Å². The van der Waals surface area contributed by atoms with Gasteiger partial charge in [-0.05, 0) is 31.7 Å². The van der Waals surface area contributed by atoms with E-state index < -0.39 is 23.9 Å². The Balaban J connectivity index is 2.22. The summed E-state index contributed by atoms with van der Waals surface area (Å²) >= 11 is 0. The molecule has 8 nitrogen and oxygen atoms in total. The molecule has 0 radical (unpaired) electrons. The van der Waals surface area contributed by atoms with E-state index in [1.54, 1.807) is 31.2 Å². The van der Waals surface area contributed by atoms with E-state index in [9.17, 15) is 14.7 Å². The second-order valence-corrected chi connectivity index (χ2v) is 6.37. The molecular formula is C23H23N3O5. The number of amides is 1. The van der Waals surface area contributed by atoms with E-state index in [4.69, 9.17) is 4.74 Å². The minimum absolute atomic E-state index is 0.0554. The SMILES string of the molecule is C=CC(=O)N(Cc1ccccc1N=[N+]=C=C([O-])OC)[C@@H](C)C(=O)OCc1ccccc1. The lowest BCUT2D eigenvalue weighted by atomic mass is 10.1. The standard InChI is InChI=1S/C23H23N3O5/c1-4-21(27)26(17(2)23(29)31-16-18-10-6-5-7-11-18)15-19-12-8-9-13-20(19)25-24-14-22(28)30-3/h4-13,17H,1,15-16H2,2-3H3/t17-/m0/s1. The quantitative estimate of drug-likeness (QED) is 0.154. The van der Waals surface area contributed by atoms with Crippen LogP contribution in [-0.2, 0) is 32.2 Å². The molecule has 0 heterocycles. The minimum Gasteiger partial charge on any atom is -0.606 e. The summed E-state index contributed by atoms with van der Waals surface area (Å²) in [6.07, 6.45) is 1.13. The summed E-state index contributed by atoms with van der Waals surface area (Å²) in [5, 5.41) is 15.1. The number of hydrogen-bond donors (Lipinski definition) is 0. The average molecular weight is 421 g/mol. The first-order chi connectivity index (χ1) is 15.0. The van der Waals surface area contributed by atoms with Crippen molar-refractivity contribution in [2.45, 2.75) is 26.1 Å². The van der Waals surface area contributed by atoms with Crippen molar-refractivity contribution in [2.24, 2.45) is 5.11 Å². The Morgan fingerprint density at radius 3 is 2.58 bits per heavy atom. The number of ether oxygens (including phenoxy) is 2. The van der Waals surface area contributed by atoms with Crippen molar-refractivity contribution in [3.63, 3.8) is 0 Å². The van der Waals surface area contributed by atoms with Crippen LogP contribution in [0.15, 0.2) is 78.3 Å². The van der Waals surface area contributed by atoms with Gasteiger partial charge in [0.05, 0.1) is 0 Å². The van der Waals surface area contributed by atoms with Crippen LogP contribution in [0.25, 0.3) is 0 Å². The van der Waals surface area contributed by atoms with Crippen LogP contribution < -0.4 is 5.11 Å². The van der Waals surface area contributed by atoms with Gasteiger partial charge in [0, 0.05) is 12.1 Å². The molecule has 0 saturated carbocycles. The molecule has 0 bridgehead atoms. The molecule has 1 amide bonds. The lowest BCUT2D eigenvalue weighted by Gasteiger charge is -2.27. The summed E-state index contributed by atoms with van der Waals surface area (Å²) in [4.78, 5) is 29.9. The lowest BCUT2D eigenvalue weighted by molar-refractivity contribution is -0.351. The van der Waals surface area contributed by atoms with Gasteiger partial charge in [0.25, 0.3) is 0 Å². The van der Waals surface area contributed by atoms with Crippen LogP contribution in [0.4, 0.5) is 5.69 Å². The highest BCUT2D eigenvalue weighted by Gasteiger charge is 2.27. The van der Waals surface area contributed by atoms with E-state index in [1.165, 1.54) is 12.0 Å². The summed E-state index contributed by atoms with van der Waals surface area (Å²) < 4.78 is 9.79. The maximum atomic E-state index is 12.6. The van der Waals surface area contributed by atoms with Crippen LogP contribution in [0.1, 0.15) is 18.1 Å². The van der Waals surface area contributed by atoms with Crippen LogP contribution in [0.3, 0.4) is 0 Å². The zero-order valence-electron chi connectivity index (χ0n) is 17.4. The molecule has 160 valence electrons. The van der Waals surface area contributed by atoms with E-state index >= 15 is 0 Å². The monoisotopic (exact) mass is 421 g/mol. The van der Waals surface area contributed by atoms with E-state index in [2.05, 4.69) is 27.1 Å². The number of benzene rings is 2. The van der Waals surface area contributed by atoms with Gasteiger partial charge in [0.2, 0.25) is 5.91 Å². The number of esters is 1. The van der Waals surface area contributed by atoms with Gasteiger partial charge in [-0.3, -0.25) is 4.79 Å². The predicted molar refractivity (Wildman–Crippen MR) is 111 cm³/mol. The molecule has 2 rings (SSSR count). The molecule has 0 N–H and O–H groups in total. The smallest absolute Gasteiger partial charge is 0.376 e. The zero-order chi connectivity index (χ0) is 22.6. The summed E-state index contributed by atoms with van der Waals surface area (Å²) in [7, 11) is 1.20. The largest absolute Gasteiger partial charge is 0.606 e. The highest BCUT2D eigenvalue weighted by Crippen LogP contribution is 2.21. The summed E-state index contributed by atoms with van der Waals surface area (Å²) in [6.45, 7) is 5.25. The van der Waals surface area contributed by atoms with Crippen LogP contribution >= 0.6 is 0 Å². The van der Waals surface area contributed by atoms with E-state index in [0.717, 1.165) is 11.6 Å². The van der Waals surface area contributed by atoms with E-state index in [1.807, 2.05) is 30.3 Å². The van der Waals surface area contributed by atoms with Gasteiger partial charge < -0.3 is 19.5 Å². The zero-order valence-corrected chi connectivity index (χ0v) is 17.4. The summed E-state index contributed by atoms with van der Waals surface area (Å²) in [5.74, 6) is 0.339. The number of carbonyl (C=O) groups is 2. The van der Waals surface area contributed by atoms with Gasteiger partial charge >= 0.3 is 11.8 Å². The molecule has 0 spiro atoms. The van der Waals surface area contributed by atoms with Crippen molar-refractivity contribution >= 4 is 23.4 Å². The molecule has 2 aromatic carbocycles. The van der Waals surface area contributed by atoms with Crippen LogP contribution in [0.5, 0.6) is 0 Å². The van der Waals surface area contributed by atoms with Crippen molar-refractivity contribution in [3.05, 3.63) is 84.3 Å². The molecule has 31 heavy (non-hydrogen) atoms. The second-order valence-electron chi connectivity index (χ2n) is 6.37. The Bertz CT molecular complexity index is 1020. The normalized spacial score (nSPS) is 10.6. The van der Waals surface area contributed by atoms with Gasteiger partial charge in [-0.2, -0.15) is 0 Å². The number of nitrogens with zero attached hydrogens (tertiary/aromatic N) is 3. The van der Waals surface area contributed by atoms with E-state index in [-0.39, 0.29) is 13.2 Å². The molecule has 0 unspecified atom stereocenters. The minimum atomic E-state index is -0.868. The molecule has 0 fully saturated rings. The third-order valence-corrected chi connectivity index (χ3v) is 4.31. The van der Waals surface area contributed by atoms with E-state index in [0.29, 0.717) is 11.3 Å². The molecule has 0 saturated heterocycles. The molecule has 0 aliphatic rings. The van der Waals surface area contributed by atoms with Crippen LogP contribution in [-0.4, -0.2) is 40.6 Å². The fraction of sp³-hybridized carbons (Fsp3) is 0.217. The lowest BCUT2D eigenvalue weighted by Crippen LogP contribution is -2.42. The van der Waals surface area contributed by atoms with Gasteiger partial charge in [-0.15, -0.1) is 0 Å². The van der Waals surface area contributed by atoms with Crippen LogP contribution in [0.2, 0.25) is 0 Å². The number of rotatable bonds is 9. The fourth-order valence-corrected chi connectivity index (χ4v) is 2.59. The van der Waals surface area contributed by atoms with Gasteiger partial charge in [0.15, 0.2) is 11.6 Å². The summed E-state index contributed by atoms with van der Waals surface area (Å²) in [5.41, 5.74) is 1.86.